The number of amides is 2. The largest absolute Gasteiger partial charge is 0.418 e. The van der Waals surface area contributed by atoms with Gasteiger partial charge in [-0.05, 0) is 42.0 Å². The standard InChI is InChI=1S/C24H16BrF3N2O3/c25-15-12-10-14(11-13-15)20-19-21(33-30(20)16-6-2-1-3-7-16)23(32)29(22(19)31)18-9-5-4-8-17(18)24(26,27)28/h1-13,19-21H/t19-,20+,21+/m0/s1. The second kappa shape index (κ2) is 8.00. The molecular weight excluding hydrogens is 501 g/mol. The summed E-state index contributed by atoms with van der Waals surface area (Å²) in [6, 6.07) is 20.0. The molecule has 2 aliphatic heterocycles. The highest BCUT2D eigenvalue weighted by Crippen LogP contribution is 2.49. The molecule has 3 aromatic rings. The van der Waals surface area contributed by atoms with Crippen molar-refractivity contribution in [1.82, 2.24) is 0 Å². The van der Waals surface area contributed by atoms with Crippen LogP contribution in [0.15, 0.2) is 83.3 Å². The van der Waals surface area contributed by atoms with Gasteiger partial charge in [0.15, 0.2) is 6.10 Å². The van der Waals surface area contributed by atoms with Crippen LogP contribution in [0.5, 0.6) is 0 Å². The summed E-state index contributed by atoms with van der Waals surface area (Å²) in [5, 5.41) is 1.50. The summed E-state index contributed by atoms with van der Waals surface area (Å²) < 4.78 is 41.7. The van der Waals surface area contributed by atoms with Crippen molar-refractivity contribution in [2.75, 3.05) is 9.96 Å². The molecule has 0 N–H and O–H groups in total. The molecule has 9 heteroatoms. The van der Waals surface area contributed by atoms with Gasteiger partial charge in [0.25, 0.3) is 5.91 Å². The third-order valence-electron chi connectivity index (χ3n) is 5.79. The van der Waals surface area contributed by atoms with Crippen molar-refractivity contribution in [3.63, 3.8) is 0 Å². The van der Waals surface area contributed by atoms with Crippen molar-refractivity contribution in [3.05, 3.63) is 94.5 Å². The first kappa shape index (κ1) is 21.7. The molecule has 0 aromatic heterocycles. The number of carbonyl (C=O) groups is 2. The number of halogens is 4. The number of hydroxylamine groups is 1. The number of anilines is 2. The first-order chi connectivity index (χ1) is 15.8. The number of para-hydroxylation sites is 2. The van der Waals surface area contributed by atoms with Crippen molar-refractivity contribution in [1.29, 1.82) is 0 Å². The Hall–Kier alpha value is -3.17. The zero-order valence-corrected chi connectivity index (χ0v) is 18.5. The highest BCUT2D eigenvalue weighted by atomic mass is 79.9. The Bertz CT molecular complexity index is 1220. The molecule has 2 heterocycles. The molecule has 3 aromatic carbocycles. The van der Waals surface area contributed by atoms with Gasteiger partial charge in [-0.25, -0.2) is 9.96 Å². The molecule has 2 fully saturated rings. The smallest absolute Gasteiger partial charge is 0.273 e. The zero-order valence-electron chi connectivity index (χ0n) is 16.9. The lowest BCUT2D eigenvalue weighted by Crippen LogP contribution is -2.38. The van der Waals surface area contributed by atoms with Gasteiger partial charge in [-0.3, -0.25) is 14.4 Å². The van der Waals surface area contributed by atoms with Gasteiger partial charge in [0.1, 0.15) is 5.92 Å². The topological polar surface area (TPSA) is 49.9 Å². The van der Waals surface area contributed by atoms with E-state index in [0.717, 1.165) is 16.6 Å². The fraction of sp³-hybridized carbons (Fsp3) is 0.167. The van der Waals surface area contributed by atoms with Gasteiger partial charge in [0, 0.05) is 4.47 Å². The van der Waals surface area contributed by atoms with Crippen LogP contribution in [-0.4, -0.2) is 17.9 Å². The number of imide groups is 1. The third-order valence-corrected chi connectivity index (χ3v) is 6.32. The third kappa shape index (κ3) is 3.61. The van der Waals surface area contributed by atoms with E-state index in [1.807, 2.05) is 6.07 Å². The van der Waals surface area contributed by atoms with Crippen LogP contribution in [-0.2, 0) is 20.6 Å². The van der Waals surface area contributed by atoms with Crippen molar-refractivity contribution < 1.29 is 27.6 Å². The minimum absolute atomic E-state index is 0.487. The van der Waals surface area contributed by atoms with E-state index in [0.29, 0.717) is 16.2 Å². The van der Waals surface area contributed by atoms with Gasteiger partial charge in [-0.2, -0.15) is 13.2 Å². The minimum atomic E-state index is -4.73. The minimum Gasteiger partial charge on any atom is -0.273 e. The Morgan fingerprint density at radius 3 is 2.12 bits per heavy atom. The Morgan fingerprint density at radius 2 is 1.45 bits per heavy atom. The molecule has 0 unspecified atom stereocenters. The summed E-state index contributed by atoms with van der Waals surface area (Å²) in [5.41, 5.74) is -0.213. The van der Waals surface area contributed by atoms with E-state index in [1.165, 1.54) is 17.2 Å². The van der Waals surface area contributed by atoms with E-state index < -0.39 is 47.3 Å². The van der Waals surface area contributed by atoms with Crippen LogP contribution in [0, 0.1) is 5.92 Å². The van der Waals surface area contributed by atoms with Crippen LogP contribution in [0.3, 0.4) is 0 Å². The van der Waals surface area contributed by atoms with Crippen molar-refractivity contribution in [3.8, 4) is 0 Å². The van der Waals surface area contributed by atoms with Gasteiger partial charge in [-0.1, -0.05) is 58.4 Å². The SMILES string of the molecule is O=C1[C@H]2[C@@H](c3ccc(Br)cc3)N(c3ccccc3)O[C@H]2C(=O)N1c1ccccc1C(F)(F)F. The number of nitrogens with zero attached hydrogens (tertiary/aromatic N) is 2. The lowest BCUT2D eigenvalue weighted by molar-refractivity contribution is -0.137. The summed E-state index contributed by atoms with van der Waals surface area (Å²) in [6.07, 6.45) is -5.97. The summed E-state index contributed by atoms with van der Waals surface area (Å²) >= 11 is 3.38. The Kier molecular flexibility index (Phi) is 5.25. The Morgan fingerprint density at radius 1 is 0.818 bits per heavy atom. The van der Waals surface area contributed by atoms with Gasteiger partial charge in [0.05, 0.1) is 23.0 Å². The lowest BCUT2D eigenvalue weighted by atomic mass is 9.90. The van der Waals surface area contributed by atoms with Gasteiger partial charge >= 0.3 is 6.18 Å². The molecule has 3 atom stereocenters. The molecule has 0 aliphatic carbocycles. The quantitative estimate of drug-likeness (QED) is 0.430. The number of carbonyl (C=O) groups excluding carboxylic acids is 2. The average molecular weight is 517 g/mol. The molecule has 0 bridgehead atoms. The normalized spacial score (nSPS) is 22.7. The Balaban J connectivity index is 1.60. The van der Waals surface area contributed by atoms with E-state index in [2.05, 4.69) is 15.9 Å². The van der Waals surface area contributed by atoms with E-state index in [1.54, 1.807) is 48.5 Å². The second-order valence-corrected chi connectivity index (χ2v) is 8.65. The maximum atomic E-state index is 13.6. The fourth-order valence-corrected chi connectivity index (χ4v) is 4.62. The zero-order chi connectivity index (χ0) is 23.3. The molecule has 2 aliphatic rings. The maximum Gasteiger partial charge on any atom is 0.418 e. The molecule has 33 heavy (non-hydrogen) atoms. The maximum absolute atomic E-state index is 13.6. The summed E-state index contributed by atoms with van der Waals surface area (Å²) in [6.45, 7) is 0. The van der Waals surface area contributed by atoms with Crippen molar-refractivity contribution >= 4 is 39.1 Å². The predicted octanol–water partition coefficient (Wildman–Crippen LogP) is 5.52. The number of benzene rings is 3. The van der Waals surface area contributed by atoms with E-state index in [4.69, 9.17) is 4.84 Å². The van der Waals surface area contributed by atoms with Crippen LogP contribution < -0.4 is 9.96 Å². The Labute approximate surface area is 195 Å². The average Bonchev–Trinajstić information content (AvgIpc) is 3.30. The summed E-state index contributed by atoms with van der Waals surface area (Å²) in [7, 11) is 0. The molecule has 2 saturated heterocycles. The fourth-order valence-electron chi connectivity index (χ4n) is 4.36. The van der Waals surface area contributed by atoms with E-state index >= 15 is 0 Å². The van der Waals surface area contributed by atoms with Gasteiger partial charge in [-0.15, -0.1) is 0 Å². The molecule has 168 valence electrons. The van der Waals surface area contributed by atoms with E-state index in [-0.39, 0.29) is 0 Å². The molecule has 0 radical (unpaired) electrons. The van der Waals surface area contributed by atoms with Crippen molar-refractivity contribution in [2.24, 2.45) is 5.92 Å². The van der Waals surface area contributed by atoms with Gasteiger partial charge in [0.2, 0.25) is 5.91 Å². The molecule has 0 spiro atoms. The molecule has 2 amide bonds. The summed E-state index contributed by atoms with van der Waals surface area (Å²) in [4.78, 5) is 33.4. The second-order valence-electron chi connectivity index (χ2n) is 7.74. The van der Waals surface area contributed by atoms with Gasteiger partial charge < -0.3 is 0 Å². The number of rotatable bonds is 3. The van der Waals surface area contributed by atoms with Crippen molar-refractivity contribution in [2.45, 2.75) is 18.3 Å². The van der Waals surface area contributed by atoms with Crippen LogP contribution in [0.4, 0.5) is 24.5 Å². The van der Waals surface area contributed by atoms with Crippen LogP contribution >= 0.6 is 15.9 Å². The number of alkyl halides is 3. The number of hydrogen-bond donors (Lipinski definition) is 0. The van der Waals surface area contributed by atoms with Crippen LogP contribution in [0.2, 0.25) is 0 Å². The van der Waals surface area contributed by atoms with E-state index in [9.17, 15) is 22.8 Å². The first-order valence-corrected chi connectivity index (χ1v) is 10.9. The number of hydrogen-bond acceptors (Lipinski definition) is 4. The molecule has 5 rings (SSSR count). The van der Waals surface area contributed by atoms with Crippen LogP contribution in [0.25, 0.3) is 0 Å². The lowest BCUT2D eigenvalue weighted by Gasteiger charge is -2.29. The number of fused-ring (bicyclic) bond motifs is 1. The highest BCUT2D eigenvalue weighted by molar-refractivity contribution is 9.10. The predicted molar refractivity (Wildman–Crippen MR) is 118 cm³/mol. The summed E-state index contributed by atoms with van der Waals surface area (Å²) in [5.74, 6) is -2.56. The molecular formula is C24H16BrF3N2O3. The highest BCUT2D eigenvalue weighted by Gasteiger charge is 2.61. The van der Waals surface area contributed by atoms with Crippen LogP contribution in [0.1, 0.15) is 17.2 Å². The first-order valence-electron chi connectivity index (χ1n) is 10.1. The monoisotopic (exact) mass is 516 g/mol. The molecule has 5 nitrogen and oxygen atoms in total. The molecule has 0 saturated carbocycles.